The van der Waals surface area contributed by atoms with Gasteiger partial charge in [0.1, 0.15) is 0 Å². The van der Waals surface area contributed by atoms with Crippen molar-refractivity contribution in [2.45, 2.75) is 0 Å². The van der Waals surface area contributed by atoms with E-state index in [0.29, 0.717) is 238 Å². The second-order valence-corrected chi connectivity index (χ2v) is 14.0. The van der Waals surface area contributed by atoms with Gasteiger partial charge < -0.3 is 85.3 Å². The standard InChI is InChI=1S/3C12H24O6.2C2N2Se/c3*1-2-14-5-6-16-9-10-18-12-11-17-8-7-15-4-3-13-1;2*3-1-5-2-4/h3*1-12H2;;. The van der Waals surface area contributed by atoms with E-state index in [9.17, 15) is 0 Å². The molecule has 0 N–H and O–H groups in total. The molecular formula is C40H72N4O18Se2. The topological polar surface area (TPSA) is 261 Å². The summed E-state index contributed by atoms with van der Waals surface area (Å²) in [6.07, 6.45) is 0. The molecule has 0 aliphatic carbocycles. The minimum atomic E-state index is -0.431. The Morgan fingerprint density at radius 3 is 0.250 bits per heavy atom. The first kappa shape index (κ1) is 64.4. The summed E-state index contributed by atoms with van der Waals surface area (Å²) < 4.78 is 95.9. The fourth-order valence-electron chi connectivity index (χ4n) is 4.00. The molecule has 3 saturated heterocycles. The number of rotatable bonds is 0. The van der Waals surface area contributed by atoms with E-state index in [0.717, 1.165) is 0 Å². The number of nitriles is 4. The second-order valence-electron chi connectivity index (χ2n) is 11.6. The van der Waals surface area contributed by atoms with Crippen molar-refractivity contribution in [2.24, 2.45) is 0 Å². The van der Waals surface area contributed by atoms with Gasteiger partial charge in [0.05, 0.1) is 238 Å². The Balaban J connectivity index is 0. The van der Waals surface area contributed by atoms with Crippen LogP contribution < -0.4 is 0 Å². The van der Waals surface area contributed by atoms with Crippen molar-refractivity contribution in [3.63, 3.8) is 0 Å². The van der Waals surface area contributed by atoms with Crippen molar-refractivity contribution in [1.29, 1.82) is 21.0 Å². The van der Waals surface area contributed by atoms with Gasteiger partial charge in [0.2, 0.25) is 0 Å². The van der Waals surface area contributed by atoms with E-state index in [-0.39, 0.29) is 0 Å². The molecule has 0 bridgehead atoms. The first-order chi connectivity index (χ1) is 31.8. The quantitative estimate of drug-likeness (QED) is 0.280. The van der Waals surface area contributed by atoms with E-state index in [4.69, 9.17) is 106 Å². The third kappa shape index (κ3) is 66.9. The molecule has 0 aromatic rings. The Labute approximate surface area is 392 Å². The van der Waals surface area contributed by atoms with Gasteiger partial charge in [0, 0.05) is 0 Å². The summed E-state index contributed by atoms with van der Waals surface area (Å²) >= 11 is -0.861. The molecule has 3 fully saturated rings. The van der Waals surface area contributed by atoms with Gasteiger partial charge in [-0.1, -0.05) is 0 Å². The molecule has 24 heteroatoms. The number of hydrogen-bond acceptors (Lipinski definition) is 22. The van der Waals surface area contributed by atoms with Gasteiger partial charge in [-0.2, -0.15) is 0 Å². The Morgan fingerprint density at radius 1 is 0.156 bits per heavy atom. The van der Waals surface area contributed by atoms with Crippen LogP contribution in [0.2, 0.25) is 0 Å². The van der Waals surface area contributed by atoms with Crippen LogP contribution in [-0.4, -0.2) is 268 Å². The van der Waals surface area contributed by atoms with Crippen LogP contribution in [0.4, 0.5) is 0 Å². The molecule has 64 heavy (non-hydrogen) atoms. The summed E-state index contributed by atoms with van der Waals surface area (Å²) in [5.74, 6) is 0. The third-order valence-corrected chi connectivity index (χ3v) is 7.64. The maximum absolute atomic E-state index is 7.62. The fraction of sp³-hybridized carbons (Fsp3) is 0.900. The average Bonchev–Trinajstić information content (AvgIpc) is 3.30. The minimum absolute atomic E-state index is 0.431. The molecule has 0 aromatic carbocycles. The van der Waals surface area contributed by atoms with Crippen molar-refractivity contribution in [1.82, 2.24) is 0 Å². The van der Waals surface area contributed by atoms with Gasteiger partial charge in [0.25, 0.3) is 0 Å². The summed E-state index contributed by atoms with van der Waals surface area (Å²) in [6.45, 7) is 21.1. The van der Waals surface area contributed by atoms with Gasteiger partial charge in [-0.25, -0.2) is 0 Å². The van der Waals surface area contributed by atoms with Crippen LogP contribution in [0.3, 0.4) is 0 Å². The van der Waals surface area contributed by atoms with Crippen molar-refractivity contribution in [3.8, 4) is 19.9 Å². The summed E-state index contributed by atoms with van der Waals surface area (Å²) in [5, 5.41) is 30.5. The van der Waals surface area contributed by atoms with Gasteiger partial charge in [-0.3, -0.25) is 0 Å². The maximum atomic E-state index is 7.62. The molecule has 372 valence electrons. The molecular weight excluding hydrogens is 982 g/mol. The molecule has 22 nitrogen and oxygen atoms in total. The van der Waals surface area contributed by atoms with Gasteiger partial charge in [0.15, 0.2) is 0 Å². The average molecular weight is 1050 g/mol. The van der Waals surface area contributed by atoms with Crippen LogP contribution in [-0.2, 0) is 85.3 Å². The fourth-order valence-corrected chi connectivity index (χ4v) is 4.17. The molecule has 3 aliphatic heterocycles. The predicted molar refractivity (Wildman–Crippen MR) is 229 cm³/mol. The number of nitrogens with zero attached hydrogens (tertiary/aromatic N) is 4. The molecule has 3 heterocycles. The van der Waals surface area contributed by atoms with E-state index in [1.165, 1.54) is 0 Å². The molecule has 0 spiro atoms. The van der Waals surface area contributed by atoms with Gasteiger partial charge >= 0.3 is 70.8 Å². The van der Waals surface area contributed by atoms with Crippen LogP contribution >= 0.6 is 0 Å². The van der Waals surface area contributed by atoms with Gasteiger partial charge in [-0.15, -0.1) is 0 Å². The zero-order chi connectivity index (χ0) is 46.4. The molecule has 0 aromatic heterocycles. The third-order valence-electron chi connectivity index (χ3n) is 6.88. The van der Waals surface area contributed by atoms with Crippen LogP contribution in [0, 0.1) is 40.9 Å². The van der Waals surface area contributed by atoms with Crippen LogP contribution in [0.15, 0.2) is 0 Å². The van der Waals surface area contributed by atoms with Crippen LogP contribution in [0.1, 0.15) is 0 Å². The molecule has 0 amide bonds. The molecule has 0 saturated carbocycles. The number of ether oxygens (including phenoxy) is 18. The summed E-state index contributed by atoms with van der Waals surface area (Å²) in [7, 11) is 0. The van der Waals surface area contributed by atoms with E-state index in [2.05, 4.69) is 0 Å². The molecule has 0 atom stereocenters. The second kappa shape index (κ2) is 65.6. The van der Waals surface area contributed by atoms with E-state index < -0.39 is 29.9 Å². The Kier molecular flexibility index (Phi) is 65.9. The monoisotopic (exact) mass is 1060 g/mol. The van der Waals surface area contributed by atoms with Crippen molar-refractivity contribution >= 4 is 29.9 Å². The van der Waals surface area contributed by atoms with E-state index in [1.54, 1.807) is 19.9 Å². The molecule has 3 rings (SSSR count). The van der Waals surface area contributed by atoms with Crippen molar-refractivity contribution in [3.05, 3.63) is 0 Å². The zero-order valence-electron chi connectivity index (χ0n) is 37.4. The predicted octanol–water partition coefficient (Wildman–Crippen LogP) is -0.396. The summed E-state index contributed by atoms with van der Waals surface area (Å²) in [4.78, 5) is 6.88. The van der Waals surface area contributed by atoms with Crippen LogP contribution in [0.25, 0.3) is 0 Å². The van der Waals surface area contributed by atoms with Crippen molar-refractivity contribution in [2.75, 3.05) is 238 Å². The van der Waals surface area contributed by atoms with Crippen LogP contribution in [0.5, 0.6) is 0 Å². The Bertz CT molecular complexity index is 699. The molecule has 0 unspecified atom stereocenters. The number of hydrogen-bond donors (Lipinski definition) is 0. The Hall–Kier alpha value is -1.72. The van der Waals surface area contributed by atoms with E-state index in [1.807, 2.05) is 0 Å². The van der Waals surface area contributed by atoms with Gasteiger partial charge in [-0.05, 0) is 0 Å². The zero-order valence-corrected chi connectivity index (χ0v) is 40.8. The molecule has 0 radical (unpaired) electrons. The summed E-state index contributed by atoms with van der Waals surface area (Å²) in [6, 6.07) is 0. The first-order valence-corrected chi connectivity index (χ1v) is 24.5. The van der Waals surface area contributed by atoms with E-state index >= 15 is 0 Å². The van der Waals surface area contributed by atoms with Crippen molar-refractivity contribution < 1.29 is 85.3 Å². The SMILES string of the molecule is C1COCCOCCOCCOCCOCCO1.C1COCCOCCOCCOCCOCCO1.C1COCCOCCOCCOCCOCCO1.N#C[Se]C#N.N#C[Se]C#N. The summed E-state index contributed by atoms with van der Waals surface area (Å²) in [5.41, 5.74) is 0. The Morgan fingerprint density at radius 2 is 0.219 bits per heavy atom. The molecule has 3 aliphatic rings. The normalized spacial score (nSPS) is 20.9. The first-order valence-electron chi connectivity index (χ1n) is 21.1.